The Morgan fingerprint density at radius 1 is 1.21 bits per heavy atom. The second-order valence-corrected chi connectivity index (χ2v) is 4.16. The minimum Gasteiger partial charge on any atom is -0.497 e. The van der Waals surface area contributed by atoms with E-state index in [0.29, 0.717) is 5.56 Å². The van der Waals surface area contributed by atoms with Crippen molar-refractivity contribution in [2.24, 2.45) is 0 Å². The van der Waals surface area contributed by atoms with E-state index in [4.69, 9.17) is 4.74 Å². The van der Waals surface area contributed by atoms with Crippen LogP contribution in [0.25, 0.3) is 22.3 Å². The molecule has 0 saturated carbocycles. The summed E-state index contributed by atoms with van der Waals surface area (Å²) in [4.78, 5) is 18.7. The molecule has 19 heavy (non-hydrogen) atoms. The summed E-state index contributed by atoms with van der Waals surface area (Å²) in [6.07, 6.45) is 2.56. The molecule has 0 aliphatic rings. The van der Waals surface area contributed by atoms with Crippen molar-refractivity contribution in [3.8, 4) is 17.0 Å². The maximum atomic E-state index is 11.3. The van der Waals surface area contributed by atoms with Crippen LogP contribution in [0.1, 0.15) is 10.4 Å². The summed E-state index contributed by atoms with van der Waals surface area (Å²) in [5.74, 6) is 0.783. The molecule has 2 aromatic heterocycles. The molecule has 0 aliphatic heterocycles. The molecule has 0 fully saturated rings. The number of nitrogens with one attached hydrogen (secondary N) is 1. The van der Waals surface area contributed by atoms with Crippen molar-refractivity contribution in [2.75, 3.05) is 7.11 Å². The lowest BCUT2D eigenvalue weighted by Crippen LogP contribution is -1.86. The van der Waals surface area contributed by atoms with Crippen molar-refractivity contribution in [2.45, 2.75) is 0 Å². The molecule has 3 aromatic rings. The standard InChI is InChI=1S/C15H12N2O2/c1-19-11-6-4-10(5-7-11)14-13(9-18)12-3-2-8-16-15(12)17-14/h2-9H,1H3,(H,16,17). The molecule has 0 aliphatic carbocycles. The summed E-state index contributed by atoms with van der Waals surface area (Å²) in [6.45, 7) is 0. The van der Waals surface area contributed by atoms with E-state index >= 15 is 0 Å². The SMILES string of the molecule is COc1ccc(-c2[nH]c3ncccc3c2C=O)cc1. The monoisotopic (exact) mass is 252 g/mol. The van der Waals surface area contributed by atoms with Crippen LogP contribution in [0.2, 0.25) is 0 Å². The first-order chi connectivity index (χ1) is 9.33. The van der Waals surface area contributed by atoms with Crippen molar-refractivity contribution in [1.82, 2.24) is 9.97 Å². The molecular formula is C15H12N2O2. The second-order valence-electron chi connectivity index (χ2n) is 4.16. The van der Waals surface area contributed by atoms with E-state index in [1.165, 1.54) is 0 Å². The van der Waals surface area contributed by atoms with Crippen LogP contribution in [0.4, 0.5) is 0 Å². The van der Waals surface area contributed by atoms with E-state index in [0.717, 1.165) is 34.3 Å². The van der Waals surface area contributed by atoms with Crippen LogP contribution < -0.4 is 4.74 Å². The van der Waals surface area contributed by atoms with Crippen molar-refractivity contribution >= 4 is 17.3 Å². The summed E-state index contributed by atoms with van der Waals surface area (Å²) in [7, 11) is 1.62. The first-order valence-electron chi connectivity index (χ1n) is 5.90. The van der Waals surface area contributed by atoms with E-state index in [1.807, 2.05) is 36.4 Å². The fourth-order valence-electron chi connectivity index (χ4n) is 2.15. The summed E-state index contributed by atoms with van der Waals surface area (Å²) in [5, 5.41) is 0.836. The largest absolute Gasteiger partial charge is 0.497 e. The van der Waals surface area contributed by atoms with Gasteiger partial charge in [-0.25, -0.2) is 4.98 Å². The van der Waals surface area contributed by atoms with Crippen molar-refractivity contribution in [1.29, 1.82) is 0 Å². The van der Waals surface area contributed by atoms with E-state index in [-0.39, 0.29) is 0 Å². The molecule has 4 heteroatoms. The molecule has 0 unspecified atom stereocenters. The molecule has 3 rings (SSSR count). The average molecular weight is 252 g/mol. The van der Waals surface area contributed by atoms with E-state index in [9.17, 15) is 4.79 Å². The van der Waals surface area contributed by atoms with Gasteiger partial charge in [0.15, 0.2) is 6.29 Å². The lowest BCUT2D eigenvalue weighted by atomic mass is 10.1. The highest BCUT2D eigenvalue weighted by Gasteiger charge is 2.12. The first kappa shape index (κ1) is 11.5. The molecule has 1 N–H and O–H groups in total. The van der Waals surface area contributed by atoms with Crippen LogP contribution >= 0.6 is 0 Å². The molecule has 0 amide bonds. The fraction of sp³-hybridized carbons (Fsp3) is 0.0667. The molecule has 0 bridgehead atoms. The van der Waals surface area contributed by atoms with Gasteiger partial charge in [0, 0.05) is 17.1 Å². The molecule has 0 radical (unpaired) electrons. The lowest BCUT2D eigenvalue weighted by Gasteiger charge is -2.02. The first-order valence-corrected chi connectivity index (χ1v) is 5.90. The van der Waals surface area contributed by atoms with Gasteiger partial charge in [0.2, 0.25) is 0 Å². The molecule has 94 valence electrons. The van der Waals surface area contributed by atoms with Gasteiger partial charge in [0.05, 0.1) is 12.8 Å². The molecule has 2 heterocycles. The average Bonchev–Trinajstić information content (AvgIpc) is 2.85. The number of methoxy groups -OCH3 is 1. The zero-order valence-corrected chi connectivity index (χ0v) is 10.4. The van der Waals surface area contributed by atoms with Gasteiger partial charge in [-0.3, -0.25) is 4.79 Å². The zero-order valence-electron chi connectivity index (χ0n) is 10.4. The van der Waals surface area contributed by atoms with Gasteiger partial charge in [0.25, 0.3) is 0 Å². The van der Waals surface area contributed by atoms with Crippen molar-refractivity contribution < 1.29 is 9.53 Å². The van der Waals surface area contributed by atoms with Crippen LogP contribution in [0, 0.1) is 0 Å². The highest BCUT2D eigenvalue weighted by atomic mass is 16.5. The second kappa shape index (κ2) is 4.57. The topological polar surface area (TPSA) is 55.0 Å². The number of aromatic amines is 1. The number of aromatic nitrogens is 2. The summed E-state index contributed by atoms with van der Waals surface area (Å²) in [6, 6.07) is 11.3. The normalized spacial score (nSPS) is 10.6. The molecule has 4 nitrogen and oxygen atoms in total. The van der Waals surface area contributed by atoms with Gasteiger partial charge in [-0.05, 0) is 42.0 Å². The zero-order chi connectivity index (χ0) is 13.2. The Morgan fingerprint density at radius 2 is 2.00 bits per heavy atom. The molecular weight excluding hydrogens is 240 g/mol. The molecule has 0 spiro atoms. The van der Waals surface area contributed by atoms with Crippen LogP contribution in [0.3, 0.4) is 0 Å². The third kappa shape index (κ3) is 1.87. The van der Waals surface area contributed by atoms with Crippen molar-refractivity contribution in [3.05, 3.63) is 48.2 Å². The Hall–Kier alpha value is -2.62. The van der Waals surface area contributed by atoms with Crippen LogP contribution in [-0.4, -0.2) is 23.4 Å². The number of carbonyl (C=O) groups excluding carboxylic acids is 1. The number of H-pyrrole nitrogens is 1. The predicted octanol–water partition coefficient (Wildman–Crippen LogP) is 3.05. The highest BCUT2D eigenvalue weighted by molar-refractivity contribution is 6.03. The lowest BCUT2D eigenvalue weighted by molar-refractivity contribution is 0.112. The Morgan fingerprint density at radius 3 is 2.68 bits per heavy atom. The summed E-state index contributed by atoms with van der Waals surface area (Å²) < 4.78 is 5.13. The molecule has 0 saturated heterocycles. The number of pyridine rings is 1. The summed E-state index contributed by atoms with van der Waals surface area (Å²) in [5.41, 5.74) is 3.07. The minimum absolute atomic E-state index is 0.633. The van der Waals surface area contributed by atoms with Crippen LogP contribution in [0.5, 0.6) is 5.75 Å². The highest BCUT2D eigenvalue weighted by Crippen LogP contribution is 2.29. The quantitative estimate of drug-likeness (QED) is 0.729. The third-order valence-electron chi connectivity index (χ3n) is 3.11. The number of aldehydes is 1. The maximum absolute atomic E-state index is 11.3. The van der Waals surface area contributed by atoms with E-state index in [2.05, 4.69) is 9.97 Å². The summed E-state index contributed by atoms with van der Waals surface area (Å²) >= 11 is 0. The Labute approximate surface area is 110 Å². The Kier molecular flexibility index (Phi) is 2.76. The van der Waals surface area contributed by atoms with Gasteiger partial charge < -0.3 is 9.72 Å². The number of nitrogens with zero attached hydrogens (tertiary/aromatic N) is 1. The Balaban J connectivity index is 2.20. The van der Waals surface area contributed by atoms with E-state index < -0.39 is 0 Å². The van der Waals surface area contributed by atoms with Crippen molar-refractivity contribution in [3.63, 3.8) is 0 Å². The van der Waals surface area contributed by atoms with E-state index in [1.54, 1.807) is 13.3 Å². The molecule has 1 aromatic carbocycles. The molecule has 0 atom stereocenters. The third-order valence-corrected chi connectivity index (χ3v) is 3.11. The Bertz CT molecular complexity index is 729. The number of rotatable bonds is 3. The predicted molar refractivity (Wildman–Crippen MR) is 73.5 cm³/mol. The number of ether oxygens (including phenoxy) is 1. The van der Waals surface area contributed by atoms with Gasteiger partial charge >= 0.3 is 0 Å². The van der Waals surface area contributed by atoms with Crippen LogP contribution in [-0.2, 0) is 0 Å². The number of benzene rings is 1. The number of hydrogen-bond donors (Lipinski definition) is 1. The number of carbonyl (C=O) groups is 1. The minimum atomic E-state index is 0.633. The smallest absolute Gasteiger partial charge is 0.152 e. The van der Waals surface area contributed by atoms with Gasteiger partial charge in [-0.1, -0.05) is 0 Å². The van der Waals surface area contributed by atoms with Gasteiger partial charge in [-0.15, -0.1) is 0 Å². The van der Waals surface area contributed by atoms with Crippen LogP contribution in [0.15, 0.2) is 42.6 Å². The van der Waals surface area contributed by atoms with Gasteiger partial charge in [0.1, 0.15) is 11.4 Å². The maximum Gasteiger partial charge on any atom is 0.152 e. The van der Waals surface area contributed by atoms with Gasteiger partial charge in [-0.2, -0.15) is 0 Å². The fourth-order valence-corrected chi connectivity index (χ4v) is 2.15. The number of hydrogen-bond acceptors (Lipinski definition) is 3. The number of fused-ring (bicyclic) bond motifs is 1.